The van der Waals surface area contributed by atoms with E-state index in [-0.39, 0.29) is 0 Å². The molecule has 2 aromatic rings. The molecule has 0 aliphatic carbocycles. The largest absolute Gasteiger partial charge is 0.363 e. The van der Waals surface area contributed by atoms with Gasteiger partial charge in [0.15, 0.2) is 0 Å². The van der Waals surface area contributed by atoms with Gasteiger partial charge in [-0.25, -0.2) is 4.98 Å². The predicted molar refractivity (Wildman–Crippen MR) is 66.4 cm³/mol. The van der Waals surface area contributed by atoms with Crippen molar-refractivity contribution in [3.05, 3.63) is 40.1 Å². The Morgan fingerprint density at radius 3 is 2.87 bits per heavy atom. The minimum Gasteiger partial charge on any atom is -0.363 e. The summed E-state index contributed by atoms with van der Waals surface area (Å²) in [5.41, 5.74) is 1.21. The van der Waals surface area contributed by atoms with Crippen molar-refractivity contribution < 1.29 is 0 Å². The molecule has 0 radical (unpaired) electrons. The van der Waals surface area contributed by atoms with Crippen LogP contribution < -0.4 is 5.32 Å². The molecule has 3 nitrogen and oxygen atoms in total. The molecule has 0 bridgehead atoms. The summed E-state index contributed by atoms with van der Waals surface area (Å²) in [5, 5.41) is 3.84. The van der Waals surface area contributed by atoms with Gasteiger partial charge in [0, 0.05) is 29.5 Å². The molecule has 0 aliphatic heterocycles. The topological polar surface area (TPSA) is 37.8 Å². The van der Waals surface area contributed by atoms with E-state index in [0.717, 1.165) is 21.8 Å². The molecule has 5 heteroatoms. The van der Waals surface area contributed by atoms with Gasteiger partial charge in [0.25, 0.3) is 0 Å². The van der Waals surface area contributed by atoms with Crippen molar-refractivity contribution in [1.82, 2.24) is 9.36 Å². The highest BCUT2D eigenvalue weighted by atomic mass is 79.9. The number of anilines is 1. The fraction of sp³-hybridized carbons (Fsp3) is 0.200. The van der Waals surface area contributed by atoms with Crippen molar-refractivity contribution in [3.63, 3.8) is 0 Å². The minimum absolute atomic E-state index is 0.763. The number of nitrogens with zero attached hydrogens (tertiary/aromatic N) is 2. The molecule has 0 aliphatic rings. The highest BCUT2D eigenvalue weighted by molar-refractivity contribution is 9.10. The first kappa shape index (κ1) is 10.6. The van der Waals surface area contributed by atoms with Gasteiger partial charge in [-0.1, -0.05) is 34.1 Å². The van der Waals surface area contributed by atoms with E-state index >= 15 is 0 Å². The molecule has 1 N–H and O–H groups in total. The Balaban J connectivity index is 2.18. The van der Waals surface area contributed by atoms with Gasteiger partial charge >= 0.3 is 0 Å². The third-order valence-electron chi connectivity index (χ3n) is 1.99. The monoisotopic (exact) mass is 283 g/mol. The second-order valence-corrected chi connectivity index (χ2v) is 4.64. The number of hydrogen-bond acceptors (Lipinski definition) is 4. The molecule has 0 atom stereocenters. The van der Waals surface area contributed by atoms with Crippen molar-refractivity contribution in [2.24, 2.45) is 0 Å². The first-order valence-corrected chi connectivity index (χ1v) is 6.10. The van der Waals surface area contributed by atoms with Crippen LogP contribution in [-0.4, -0.2) is 16.4 Å². The quantitative estimate of drug-likeness (QED) is 0.941. The van der Waals surface area contributed by atoms with Gasteiger partial charge in [-0.2, -0.15) is 4.37 Å². The molecule has 0 unspecified atom stereocenters. The predicted octanol–water partition coefficient (Wildman–Crippen LogP) is 2.93. The van der Waals surface area contributed by atoms with E-state index in [1.165, 1.54) is 17.1 Å². The zero-order valence-electron chi connectivity index (χ0n) is 8.20. The van der Waals surface area contributed by atoms with E-state index in [0.29, 0.717) is 0 Å². The highest BCUT2D eigenvalue weighted by Gasteiger charge is 2.05. The number of rotatable bonds is 3. The molecule has 0 saturated carbocycles. The maximum atomic E-state index is 4.34. The molecular formula is C10H10BrN3S. The molecular weight excluding hydrogens is 274 g/mol. The van der Waals surface area contributed by atoms with Gasteiger partial charge in [-0.15, -0.1) is 0 Å². The molecule has 1 aromatic carbocycles. The first-order chi connectivity index (χ1) is 7.29. The van der Waals surface area contributed by atoms with Gasteiger partial charge in [0.05, 0.1) is 0 Å². The Labute approximate surface area is 101 Å². The zero-order valence-corrected chi connectivity index (χ0v) is 10.6. The number of aromatic nitrogens is 2. The lowest BCUT2D eigenvalue weighted by Gasteiger charge is -1.99. The van der Waals surface area contributed by atoms with Crippen LogP contribution in [0.25, 0.3) is 0 Å². The lowest BCUT2D eigenvalue weighted by atomic mass is 10.1. The van der Waals surface area contributed by atoms with Crippen LogP contribution in [0.3, 0.4) is 0 Å². The number of halogens is 1. The van der Waals surface area contributed by atoms with Crippen LogP contribution in [-0.2, 0) is 6.42 Å². The van der Waals surface area contributed by atoms with E-state index in [1.807, 2.05) is 25.2 Å². The number of hydrogen-bond donors (Lipinski definition) is 1. The molecule has 0 amide bonds. The summed E-state index contributed by atoms with van der Waals surface area (Å²) in [6.07, 6.45) is 0.763. The molecule has 0 fully saturated rings. The molecule has 0 spiro atoms. The Morgan fingerprint density at radius 1 is 1.40 bits per heavy atom. The summed E-state index contributed by atoms with van der Waals surface area (Å²) in [5.74, 6) is 0.858. The Bertz CT molecular complexity index is 455. The summed E-state index contributed by atoms with van der Waals surface area (Å²) < 4.78 is 5.37. The van der Waals surface area contributed by atoms with Crippen molar-refractivity contribution in [2.75, 3.05) is 12.4 Å². The lowest BCUT2D eigenvalue weighted by molar-refractivity contribution is 1.03. The maximum Gasteiger partial charge on any atom is 0.202 e. The summed E-state index contributed by atoms with van der Waals surface area (Å²) >= 11 is 4.90. The zero-order chi connectivity index (χ0) is 10.7. The molecule has 78 valence electrons. The molecule has 0 saturated heterocycles. The number of nitrogens with one attached hydrogen (secondary N) is 1. The van der Waals surface area contributed by atoms with E-state index in [2.05, 4.69) is 36.7 Å². The second kappa shape index (κ2) is 4.72. The van der Waals surface area contributed by atoms with Crippen LogP contribution in [0.2, 0.25) is 0 Å². The Morgan fingerprint density at radius 2 is 2.20 bits per heavy atom. The van der Waals surface area contributed by atoms with E-state index in [4.69, 9.17) is 0 Å². The van der Waals surface area contributed by atoms with Gasteiger partial charge in [0.2, 0.25) is 5.13 Å². The van der Waals surface area contributed by atoms with Gasteiger partial charge in [-0.05, 0) is 11.6 Å². The van der Waals surface area contributed by atoms with Crippen LogP contribution in [0.15, 0.2) is 28.7 Å². The fourth-order valence-corrected chi connectivity index (χ4v) is 2.20. The van der Waals surface area contributed by atoms with Crippen LogP contribution in [0.1, 0.15) is 11.4 Å². The van der Waals surface area contributed by atoms with Crippen LogP contribution in [0, 0.1) is 0 Å². The van der Waals surface area contributed by atoms with E-state index in [1.54, 1.807) is 0 Å². The van der Waals surface area contributed by atoms with Gasteiger partial charge < -0.3 is 5.32 Å². The SMILES string of the molecule is CNc1nc(Cc2ccccc2Br)ns1. The Kier molecular flexibility index (Phi) is 3.33. The number of benzene rings is 1. The Hall–Kier alpha value is -0.940. The van der Waals surface area contributed by atoms with Crippen LogP contribution in [0.5, 0.6) is 0 Å². The second-order valence-electron chi connectivity index (χ2n) is 3.03. The highest BCUT2D eigenvalue weighted by Crippen LogP contribution is 2.20. The van der Waals surface area contributed by atoms with Gasteiger partial charge in [-0.3, -0.25) is 0 Å². The standard InChI is InChI=1S/C10H10BrN3S/c1-12-10-13-9(14-15-10)6-7-4-2-3-5-8(7)11/h2-5H,6H2,1H3,(H,12,13,14). The summed E-state index contributed by atoms with van der Waals surface area (Å²) in [4.78, 5) is 4.34. The molecule has 2 rings (SSSR count). The van der Waals surface area contributed by atoms with Crippen LogP contribution in [0.4, 0.5) is 5.13 Å². The minimum atomic E-state index is 0.763. The van der Waals surface area contributed by atoms with Crippen molar-refractivity contribution in [3.8, 4) is 0 Å². The maximum absolute atomic E-state index is 4.34. The average Bonchev–Trinajstić information content (AvgIpc) is 2.69. The van der Waals surface area contributed by atoms with Crippen LogP contribution >= 0.6 is 27.5 Å². The average molecular weight is 284 g/mol. The molecule has 1 aromatic heterocycles. The van der Waals surface area contributed by atoms with Gasteiger partial charge in [0.1, 0.15) is 5.82 Å². The van der Waals surface area contributed by atoms with Crippen molar-refractivity contribution >= 4 is 32.6 Å². The first-order valence-electron chi connectivity index (χ1n) is 4.53. The smallest absolute Gasteiger partial charge is 0.202 e. The summed E-state index contributed by atoms with van der Waals surface area (Å²) in [6, 6.07) is 8.12. The molecule has 15 heavy (non-hydrogen) atoms. The van der Waals surface area contributed by atoms with E-state index < -0.39 is 0 Å². The van der Waals surface area contributed by atoms with Crippen molar-refractivity contribution in [2.45, 2.75) is 6.42 Å². The lowest BCUT2D eigenvalue weighted by Crippen LogP contribution is -1.92. The molecule has 1 heterocycles. The summed E-state index contributed by atoms with van der Waals surface area (Å²) in [6.45, 7) is 0. The normalized spacial score (nSPS) is 10.3. The fourth-order valence-electron chi connectivity index (χ4n) is 1.24. The third kappa shape index (κ3) is 2.54. The van der Waals surface area contributed by atoms with Crippen molar-refractivity contribution in [1.29, 1.82) is 0 Å². The third-order valence-corrected chi connectivity index (χ3v) is 3.53. The summed E-state index contributed by atoms with van der Waals surface area (Å²) in [7, 11) is 1.85. The van der Waals surface area contributed by atoms with E-state index in [9.17, 15) is 0 Å².